The summed E-state index contributed by atoms with van der Waals surface area (Å²) in [6, 6.07) is 2.95. The van der Waals surface area contributed by atoms with Gasteiger partial charge in [0.1, 0.15) is 11.6 Å². The fourth-order valence-electron chi connectivity index (χ4n) is 2.73. The third-order valence-corrected chi connectivity index (χ3v) is 3.84. The maximum absolute atomic E-state index is 13.6. The molecule has 1 aliphatic heterocycles. The molecule has 0 aromatic heterocycles. The summed E-state index contributed by atoms with van der Waals surface area (Å²) in [5.74, 6) is -1.55. The maximum atomic E-state index is 13.6. The van der Waals surface area contributed by atoms with Crippen molar-refractivity contribution in [1.29, 1.82) is 0 Å². The molecular formula is C15H19F5N2O. The summed E-state index contributed by atoms with van der Waals surface area (Å²) in [4.78, 5) is 3.12. The Bertz CT molecular complexity index is 523. The molecule has 1 fully saturated rings. The van der Waals surface area contributed by atoms with E-state index in [-0.39, 0.29) is 18.7 Å². The van der Waals surface area contributed by atoms with E-state index < -0.39 is 30.5 Å². The Morgan fingerprint density at radius 2 is 1.70 bits per heavy atom. The van der Waals surface area contributed by atoms with Crippen LogP contribution in [0.1, 0.15) is 18.1 Å². The Morgan fingerprint density at radius 1 is 1.04 bits per heavy atom. The first-order chi connectivity index (χ1) is 10.7. The van der Waals surface area contributed by atoms with Gasteiger partial charge in [0, 0.05) is 31.3 Å². The molecule has 1 aromatic rings. The molecule has 0 spiro atoms. The molecule has 0 radical (unpaired) electrons. The molecule has 3 nitrogen and oxygen atoms in total. The number of benzene rings is 1. The minimum atomic E-state index is -4.23. The van der Waals surface area contributed by atoms with Gasteiger partial charge in [-0.1, -0.05) is 6.07 Å². The van der Waals surface area contributed by atoms with Crippen LogP contribution in [0.5, 0.6) is 0 Å². The molecule has 0 bridgehead atoms. The van der Waals surface area contributed by atoms with Gasteiger partial charge in [-0.3, -0.25) is 9.80 Å². The molecule has 1 saturated heterocycles. The summed E-state index contributed by atoms with van der Waals surface area (Å²) >= 11 is 0. The number of alkyl halides is 3. The number of aliphatic hydroxyl groups excluding tert-OH is 1. The molecule has 1 aliphatic rings. The van der Waals surface area contributed by atoms with Gasteiger partial charge in [-0.2, -0.15) is 13.2 Å². The fraction of sp³-hybridized carbons (Fsp3) is 0.600. The average molecular weight is 338 g/mol. The van der Waals surface area contributed by atoms with Crippen LogP contribution < -0.4 is 0 Å². The van der Waals surface area contributed by atoms with Gasteiger partial charge in [0.25, 0.3) is 0 Å². The third kappa shape index (κ3) is 5.71. The summed E-state index contributed by atoms with van der Waals surface area (Å²) in [5, 5.41) is 10.1. The van der Waals surface area contributed by atoms with Crippen LogP contribution in [0.2, 0.25) is 0 Å². The summed E-state index contributed by atoms with van der Waals surface area (Å²) in [7, 11) is 0. The molecule has 1 N–H and O–H groups in total. The fourth-order valence-corrected chi connectivity index (χ4v) is 2.73. The van der Waals surface area contributed by atoms with Crippen LogP contribution in [0, 0.1) is 11.6 Å². The monoisotopic (exact) mass is 338 g/mol. The summed E-state index contributed by atoms with van der Waals surface area (Å²) in [5.41, 5.74) is -0.0113. The minimum absolute atomic E-state index is 0.0113. The Balaban J connectivity index is 1.90. The lowest BCUT2D eigenvalue weighted by Gasteiger charge is -2.24. The third-order valence-electron chi connectivity index (χ3n) is 3.84. The van der Waals surface area contributed by atoms with Crippen LogP contribution in [0.25, 0.3) is 0 Å². The van der Waals surface area contributed by atoms with Crippen molar-refractivity contribution in [3.63, 3.8) is 0 Å². The Morgan fingerprint density at radius 3 is 2.35 bits per heavy atom. The van der Waals surface area contributed by atoms with Gasteiger partial charge in [0.2, 0.25) is 0 Å². The lowest BCUT2D eigenvalue weighted by atomic mass is 10.1. The molecular weight excluding hydrogens is 319 g/mol. The normalized spacial score (nSPS) is 19.6. The zero-order valence-corrected chi connectivity index (χ0v) is 12.5. The van der Waals surface area contributed by atoms with E-state index in [1.54, 1.807) is 4.90 Å². The van der Waals surface area contributed by atoms with Crippen molar-refractivity contribution in [2.45, 2.75) is 18.7 Å². The zero-order chi connectivity index (χ0) is 17.0. The molecule has 1 aromatic carbocycles. The predicted octanol–water partition coefficient (Wildman–Crippen LogP) is 2.57. The van der Waals surface area contributed by atoms with Gasteiger partial charge in [-0.25, -0.2) is 8.78 Å². The van der Waals surface area contributed by atoms with Crippen molar-refractivity contribution in [1.82, 2.24) is 9.80 Å². The van der Waals surface area contributed by atoms with Crippen molar-refractivity contribution >= 4 is 0 Å². The Kier molecular flexibility index (Phi) is 5.94. The van der Waals surface area contributed by atoms with Gasteiger partial charge in [-0.15, -0.1) is 0 Å². The number of hydrogen-bond donors (Lipinski definition) is 1. The van der Waals surface area contributed by atoms with Crippen LogP contribution in [0.15, 0.2) is 18.2 Å². The second-order valence-electron chi connectivity index (χ2n) is 5.73. The van der Waals surface area contributed by atoms with E-state index in [0.717, 1.165) is 6.07 Å². The van der Waals surface area contributed by atoms with Crippen molar-refractivity contribution in [2.75, 3.05) is 39.3 Å². The first-order valence-electron chi connectivity index (χ1n) is 7.39. The van der Waals surface area contributed by atoms with Crippen LogP contribution in [0.4, 0.5) is 22.0 Å². The highest BCUT2D eigenvalue weighted by Gasteiger charge is 2.31. The number of nitrogens with zero attached hydrogens (tertiary/aromatic N) is 2. The van der Waals surface area contributed by atoms with E-state index in [4.69, 9.17) is 0 Å². The smallest absolute Gasteiger partial charge is 0.387 e. The van der Waals surface area contributed by atoms with E-state index in [1.807, 2.05) is 0 Å². The molecule has 1 heterocycles. The van der Waals surface area contributed by atoms with E-state index in [2.05, 4.69) is 0 Å². The highest BCUT2D eigenvalue weighted by atomic mass is 19.4. The SMILES string of the molecule is OC(CN1CCCN(CC(F)(F)F)CC1)c1ccc(F)cc1F. The van der Waals surface area contributed by atoms with Crippen LogP contribution >= 0.6 is 0 Å². The molecule has 0 saturated carbocycles. The summed E-state index contributed by atoms with van der Waals surface area (Å²) in [6.07, 6.45) is -4.84. The first-order valence-corrected chi connectivity index (χ1v) is 7.39. The molecule has 1 unspecified atom stereocenters. The molecule has 0 aliphatic carbocycles. The van der Waals surface area contributed by atoms with E-state index >= 15 is 0 Å². The summed E-state index contributed by atoms with van der Waals surface area (Å²) < 4.78 is 63.7. The maximum Gasteiger partial charge on any atom is 0.401 e. The van der Waals surface area contributed by atoms with Crippen LogP contribution in [-0.4, -0.2) is 60.4 Å². The molecule has 23 heavy (non-hydrogen) atoms. The minimum Gasteiger partial charge on any atom is -0.387 e. The van der Waals surface area contributed by atoms with Crippen molar-refractivity contribution < 1.29 is 27.1 Å². The highest BCUT2D eigenvalue weighted by molar-refractivity contribution is 5.21. The van der Waals surface area contributed by atoms with Crippen LogP contribution in [0.3, 0.4) is 0 Å². The van der Waals surface area contributed by atoms with Crippen molar-refractivity contribution in [3.8, 4) is 0 Å². The Hall–Kier alpha value is -1.25. The van der Waals surface area contributed by atoms with E-state index in [9.17, 15) is 27.1 Å². The number of hydrogen-bond acceptors (Lipinski definition) is 3. The lowest BCUT2D eigenvalue weighted by molar-refractivity contribution is -0.145. The molecule has 0 amide bonds. The molecule has 8 heteroatoms. The second-order valence-corrected chi connectivity index (χ2v) is 5.73. The number of aliphatic hydroxyl groups is 1. The quantitative estimate of drug-likeness (QED) is 0.855. The van der Waals surface area contributed by atoms with Gasteiger partial charge in [0.05, 0.1) is 12.6 Å². The predicted molar refractivity (Wildman–Crippen MR) is 74.9 cm³/mol. The number of β-amino-alcohol motifs (C(OH)–C–C–N with tert-alkyl or cyclic N) is 1. The van der Waals surface area contributed by atoms with Gasteiger partial charge in [-0.05, 0) is 25.6 Å². The number of halogens is 5. The average Bonchev–Trinajstić information content (AvgIpc) is 2.62. The molecule has 2 rings (SSSR count). The first kappa shape index (κ1) is 18.1. The summed E-state index contributed by atoms with van der Waals surface area (Å²) in [6.45, 7) is 0.595. The van der Waals surface area contributed by atoms with Crippen LogP contribution in [-0.2, 0) is 0 Å². The molecule has 130 valence electrons. The van der Waals surface area contributed by atoms with Gasteiger partial charge >= 0.3 is 6.18 Å². The van der Waals surface area contributed by atoms with Gasteiger partial charge < -0.3 is 5.11 Å². The standard InChI is InChI=1S/C15H19F5N2O/c16-11-2-3-12(13(17)8-11)14(23)9-21-4-1-5-22(7-6-21)10-15(18,19)20/h2-3,8,14,23H,1,4-7,9-10H2. The molecule has 1 atom stereocenters. The van der Waals surface area contributed by atoms with Crippen molar-refractivity contribution in [3.05, 3.63) is 35.4 Å². The van der Waals surface area contributed by atoms with Crippen molar-refractivity contribution in [2.24, 2.45) is 0 Å². The second kappa shape index (κ2) is 7.55. The topological polar surface area (TPSA) is 26.7 Å². The Labute approximate surface area is 131 Å². The lowest BCUT2D eigenvalue weighted by Crippen LogP contribution is -2.38. The zero-order valence-electron chi connectivity index (χ0n) is 12.5. The van der Waals surface area contributed by atoms with E-state index in [0.29, 0.717) is 32.1 Å². The number of rotatable bonds is 4. The van der Waals surface area contributed by atoms with Gasteiger partial charge in [0.15, 0.2) is 0 Å². The largest absolute Gasteiger partial charge is 0.401 e. The van der Waals surface area contributed by atoms with E-state index in [1.165, 1.54) is 11.0 Å². The highest BCUT2D eigenvalue weighted by Crippen LogP contribution is 2.21.